The molecule has 0 radical (unpaired) electrons. The first-order chi connectivity index (χ1) is 11.1. The average molecular weight is 376 g/mol. The maximum absolute atomic E-state index is 12.9. The van der Waals surface area contributed by atoms with Gasteiger partial charge in [0.25, 0.3) is 11.1 Å². The van der Waals surface area contributed by atoms with Gasteiger partial charge < -0.3 is 9.64 Å². The van der Waals surface area contributed by atoms with E-state index in [0.29, 0.717) is 17.0 Å². The number of anilines is 1. The number of benzene rings is 1. The second kappa shape index (κ2) is 6.98. The van der Waals surface area contributed by atoms with Crippen LogP contribution in [0.15, 0.2) is 30.3 Å². The maximum Gasteiger partial charge on any atom is 0.376 e. The highest BCUT2D eigenvalue weighted by Crippen LogP contribution is 2.36. The van der Waals surface area contributed by atoms with E-state index in [-0.39, 0.29) is 17.7 Å². The predicted molar refractivity (Wildman–Crippen MR) is 88.8 cm³/mol. The minimum absolute atomic E-state index is 0.138. The summed E-state index contributed by atoms with van der Waals surface area (Å²) < 4.78 is 31.0. The molecule has 130 valence electrons. The Hall–Kier alpha value is -1.80. The summed E-state index contributed by atoms with van der Waals surface area (Å²) in [5.74, 6) is -0.330. The van der Waals surface area contributed by atoms with Gasteiger partial charge in [-0.3, -0.25) is 4.79 Å². The summed E-state index contributed by atoms with van der Waals surface area (Å²) in [6, 6.07) is 9.10. The number of alkyl halides is 3. The number of carbonyl (C=O) groups excluding carboxylic acids is 1. The van der Waals surface area contributed by atoms with Crippen LogP contribution < -0.4 is 9.64 Å². The zero-order valence-electron chi connectivity index (χ0n) is 13.3. The Balaban J connectivity index is 2.10. The fourth-order valence-corrected chi connectivity index (χ4v) is 2.77. The fraction of sp³-hybridized carbons (Fsp3) is 0.400. The summed E-state index contributed by atoms with van der Waals surface area (Å²) in [5, 5.41) is 2.29. The molecule has 5 nitrogen and oxygen atoms in total. The van der Waals surface area contributed by atoms with Crippen LogP contribution in [-0.4, -0.2) is 28.3 Å². The number of rotatable bonds is 5. The number of nitrogens with zero attached hydrogens (tertiary/aromatic N) is 3. The summed E-state index contributed by atoms with van der Waals surface area (Å²) in [4.78, 5) is 14.1. The van der Waals surface area contributed by atoms with Crippen LogP contribution in [0.1, 0.15) is 25.8 Å². The van der Waals surface area contributed by atoms with Gasteiger partial charge in [0.15, 0.2) is 6.61 Å². The molecule has 0 aliphatic heterocycles. The second-order valence-electron chi connectivity index (χ2n) is 5.90. The highest BCUT2D eigenvalue weighted by molar-refractivity contribution is 7.13. The van der Waals surface area contributed by atoms with E-state index in [1.54, 1.807) is 17.0 Å². The van der Waals surface area contributed by atoms with Crippen LogP contribution in [0.25, 0.3) is 0 Å². The largest absolute Gasteiger partial charge is 0.459 e. The predicted octanol–water partition coefficient (Wildman–Crippen LogP) is 4.04. The van der Waals surface area contributed by atoms with Crippen molar-refractivity contribution in [3.63, 3.8) is 0 Å². The van der Waals surface area contributed by atoms with Gasteiger partial charge in [0, 0.05) is 11.2 Å². The van der Waals surface area contributed by atoms with Gasteiger partial charge in [-0.25, -0.2) is 0 Å². The molecule has 1 aromatic heterocycles. The summed E-state index contributed by atoms with van der Waals surface area (Å²) in [6.07, 6.45) is 0. The second-order valence-corrected chi connectivity index (χ2v) is 7.31. The van der Waals surface area contributed by atoms with Crippen molar-refractivity contribution in [2.45, 2.75) is 31.7 Å². The maximum atomic E-state index is 12.9. The first-order valence-corrected chi connectivity index (χ1v) is 8.20. The summed E-state index contributed by atoms with van der Waals surface area (Å²) in [5.41, 5.74) is 0.223. The molecule has 0 fully saturated rings. The van der Waals surface area contributed by atoms with E-state index in [1.165, 1.54) is 0 Å². The van der Waals surface area contributed by atoms with Gasteiger partial charge in [-0.2, -0.15) is 8.78 Å². The molecule has 1 aromatic carbocycles. The smallest absolute Gasteiger partial charge is 0.376 e. The van der Waals surface area contributed by atoms with Gasteiger partial charge in [-0.1, -0.05) is 34.6 Å². The number of amides is 1. The van der Waals surface area contributed by atoms with Gasteiger partial charge >= 0.3 is 5.38 Å². The summed E-state index contributed by atoms with van der Waals surface area (Å²) in [7, 11) is 0. The lowest BCUT2D eigenvalue weighted by Crippen LogP contribution is -2.48. The molecular weight excluding hydrogens is 360 g/mol. The Bertz CT molecular complexity index is 699. The minimum Gasteiger partial charge on any atom is -0.459 e. The number of carbonyl (C=O) groups is 1. The lowest BCUT2D eigenvalue weighted by molar-refractivity contribution is -0.121. The Morgan fingerprint density at radius 2 is 1.88 bits per heavy atom. The number of halogens is 3. The topological polar surface area (TPSA) is 55.3 Å². The molecule has 0 saturated carbocycles. The highest BCUT2D eigenvalue weighted by Gasteiger charge is 2.34. The SMILES string of the molecule is CC(C)(C)N(C(=O)COc1nnc(C(F)(F)Cl)s1)c1ccccc1. The van der Waals surface area contributed by atoms with Crippen molar-refractivity contribution >= 4 is 34.5 Å². The molecular formula is C15H16ClF2N3O2S. The van der Waals surface area contributed by atoms with E-state index in [9.17, 15) is 13.6 Å². The van der Waals surface area contributed by atoms with Crippen molar-refractivity contribution in [2.24, 2.45) is 0 Å². The lowest BCUT2D eigenvalue weighted by atomic mass is 10.0. The third-order valence-corrected chi connectivity index (χ3v) is 4.10. The van der Waals surface area contributed by atoms with Crippen molar-refractivity contribution in [3.8, 4) is 5.19 Å². The van der Waals surface area contributed by atoms with Gasteiger partial charge in [0.1, 0.15) is 0 Å². The van der Waals surface area contributed by atoms with Crippen molar-refractivity contribution in [1.29, 1.82) is 0 Å². The van der Waals surface area contributed by atoms with Gasteiger partial charge in [-0.15, -0.1) is 5.10 Å². The number of ether oxygens (including phenoxy) is 1. The van der Waals surface area contributed by atoms with Crippen LogP contribution in [-0.2, 0) is 10.2 Å². The highest BCUT2D eigenvalue weighted by atomic mass is 35.5. The van der Waals surface area contributed by atoms with E-state index in [0.717, 1.165) is 0 Å². The monoisotopic (exact) mass is 375 g/mol. The molecule has 0 bridgehead atoms. The van der Waals surface area contributed by atoms with Crippen molar-refractivity contribution in [3.05, 3.63) is 35.3 Å². The van der Waals surface area contributed by atoms with E-state index in [1.807, 2.05) is 39.0 Å². The number of hydrogen-bond donors (Lipinski definition) is 0. The molecule has 2 rings (SSSR count). The Kier molecular flexibility index (Phi) is 5.39. The molecule has 9 heteroatoms. The van der Waals surface area contributed by atoms with Crippen molar-refractivity contribution < 1.29 is 18.3 Å². The molecule has 1 amide bonds. The van der Waals surface area contributed by atoms with Crippen LogP contribution >= 0.6 is 22.9 Å². The minimum atomic E-state index is -3.61. The zero-order valence-corrected chi connectivity index (χ0v) is 14.9. The standard InChI is InChI=1S/C15H16ClF2N3O2S/c1-14(2,3)21(10-7-5-4-6-8-10)11(22)9-23-13-20-19-12(24-13)15(16,17)18/h4-8H,9H2,1-3H3. The Morgan fingerprint density at radius 1 is 1.25 bits per heavy atom. The van der Waals surface area contributed by atoms with Crippen LogP contribution in [0.3, 0.4) is 0 Å². The first-order valence-electron chi connectivity index (χ1n) is 7.00. The van der Waals surface area contributed by atoms with Gasteiger partial charge in [0.05, 0.1) is 0 Å². The van der Waals surface area contributed by atoms with Crippen LogP contribution in [0.2, 0.25) is 0 Å². The summed E-state index contributed by atoms with van der Waals surface area (Å²) in [6.45, 7) is 5.30. The molecule has 0 aliphatic rings. The number of para-hydroxylation sites is 1. The zero-order chi connectivity index (χ0) is 18.0. The summed E-state index contributed by atoms with van der Waals surface area (Å²) >= 11 is 5.37. The quantitative estimate of drug-likeness (QED) is 0.740. The van der Waals surface area contributed by atoms with Crippen LogP contribution in [0, 0.1) is 0 Å². The van der Waals surface area contributed by atoms with E-state index in [4.69, 9.17) is 16.3 Å². The Morgan fingerprint density at radius 3 is 2.38 bits per heavy atom. The molecule has 2 aromatic rings. The van der Waals surface area contributed by atoms with Gasteiger partial charge in [0.2, 0.25) is 5.01 Å². The van der Waals surface area contributed by atoms with E-state index < -0.39 is 15.9 Å². The van der Waals surface area contributed by atoms with Crippen molar-refractivity contribution in [1.82, 2.24) is 10.2 Å². The Labute approximate surface area is 147 Å². The average Bonchev–Trinajstić information content (AvgIpc) is 2.94. The fourth-order valence-electron chi connectivity index (χ4n) is 2.05. The van der Waals surface area contributed by atoms with E-state index in [2.05, 4.69) is 10.2 Å². The first kappa shape index (κ1) is 18.5. The molecule has 0 atom stereocenters. The third-order valence-electron chi connectivity index (χ3n) is 2.90. The molecule has 0 N–H and O–H groups in total. The van der Waals surface area contributed by atoms with Crippen LogP contribution in [0.4, 0.5) is 14.5 Å². The molecule has 0 spiro atoms. The number of aromatic nitrogens is 2. The molecule has 0 aliphatic carbocycles. The molecule has 24 heavy (non-hydrogen) atoms. The molecule has 0 unspecified atom stereocenters. The molecule has 1 heterocycles. The number of hydrogen-bond acceptors (Lipinski definition) is 5. The van der Waals surface area contributed by atoms with E-state index >= 15 is 0 Å². The van der Waals surface area contributed by atoms with Gasteiger partial charge in [-0.05, 0) is 44.5 Å². The third kappa shape index (κ3) is 4.61. The van der Waals surface area contributed by atoms with Crippen LogP contribution in [0.5, 0.6) is 5.19 Å². The lowest BCUT2D eigenvalue weighted by Gasteiger charge is -2.35. The van der Waals surface area contributed by atoms with Crippen molar-refractivity contribution in [2.75, 3.05) is 11.5 Å². The molecule has 0 saturated heterocycles. The normalized spacial score (nSPS) is 12.1.